The molecule has 2 aromatic heterocycles. The first-order valence-corrected chi connectivity index (χ1v) is 12.8. The van der Waals surface area contributed by atoms with Gasteiger partial charge in [0.15, 0.2) is 11.6 Å². The minimum absolute atomic E-state index is 0.125. The summed E-state index contributed by atoms with van der Waals surface area (Å²) in [6, 6.07) is -1.52. The molecule has 216 valence electrons. The van der Waals surface area contributed by atoms with Crippen LogP contribution in [0.1, 0.15) is 44.2 Å². The summed E-state index contributed by atoms with van der Waals surface area (Å²) in [4.78, 5) is 45.8. The van der Waals surface area contributed by atoms with Crippen molar-refractivity contribution in [2.24, 2.45) is 0 Å². The van der Waals surface area contributed by atoms with Gasteiger partial charge in [-0.3, -0.25) is 15.0 Å². The van der Waals surface area contributed by atoms with E-state index in [9.17, 15) is 22.8 Å². The highest BCUT2D eigenvalue weighted by atomic mass is 19.4. The molecule has 2 saturated heterocycles. The molecule has 3 aliphatic rings. The smallest absolute Gasteiger partial charge is 0.408 e. The van der Waals surface area contributed by atoms with Gasteiger partial charge in [0.25, 0.3) is 5.91 Å². The van der Waals surface area contributed by atoms with E-state index in [4.69, 9.17) is 14.2 Å². The maximum Gasteiger partial charge on any atom is 0.408 e. The quantitative estimate of drug-likeness (QED) is 0.535. The molecule has 5 rings (SSSR count). The molecule has 2 bridgehead atoms. The van der Waals surface area contributed by atoms with Gasteiger partial charge in [-0.25, -0.2) is 24.7 Å². The van der Waals surface area contributed by atoms with Crippen molar-refractivity contribution in [3.8, 4) is 5.88 Å². The van der Waals surface area contributed by atoms with Crippen LogP contribution in [0.4, 0.5) is 35.3 Å². The first kappa shape index (κ1) is 27.8. The maximum absolute atomic E-state index is 13.5. The molecule has 3 atom stereocenters. The van der Waals surface area contributed by atoms with E-state index in [2.05, 4.69) is 25.3 Å². The minimum Gasteiger partial charge on any atom is -0.475 e. The van der Waals surface area contributed by atoms with E-state index < -0.39 is 35.8 Å². The van der Waals surface area contributed by atoms with Gasteiger partial charge in [0, 0.05) is 19.2 Å². The average Bonchev–Trinajstić information content (AvgIpc) is 3.25. The summed E-state index contributed by atoms with van der Waals surface area (Å²) >= 11 is 0. The van der Waals surface area contributed by atoms with E-state index in [0.29, 0.717) is 31.8 Å². The van der Waals surface area contributed by atoms with Gasteiger partial charge < -0.3 is 24.4 Å². The van der Waals surface area contributed by atoms with Crippen molar-refractivity contribution in [2.75, 3.05) is 41.4 Å². The van der Waals surface area contributed by atoms with Gasteiger partial charge >= 0.3 is 12.2 Å². The zero-order chi connectivity index (χ0) is 28.7. The Hall–Kier alpha value is -3.79. The number of carbonyl (C=O) groups excluding carboxylic acids is 2. The first-order valence-electron chi connectivity index (χ1n) is 12.8. The number of rotatable bonds is 6. The van der Waals surface area contributed by atoms with Gasteiger partial charge in [0.05, 0.1) is 24.5 Å². The van der Waals surface area contributed by atoms with Gasteiger partial charge in [-0.2, -0.15) is 13.2 Å². The third-order valence-corrected chi connectivity index (χ3v) is 6.70. The van der Waals surface area contributed by atoms with Crippen LogP contribution in [-0.2, 0) is 9.47 Å². The highest BCUT2D eigenvalue weighted by molar-refractivity contribution is 6.04. The fourth-order valence-corrected chi connectivity index (χ4v) is 4.72. The number of anilines is 3. The van der Waals surface area contributed by atoms with Gasteiger partial charge in [-0.05, 0) is 33.6 Å². The molecule has 3 aliphatic heterocycles. The number of nitrogens with one attached hydrogen (secondary N) is 2. The number of urea groups is 1. The lowest BCUT2D eigenvalue weighted by atomic mass is 10.0. The zero-order valence-electron chi connectivity index (χ0n) is 22.1. The summed E-state index contributed by atoms with van der Waals surface area (Å²) in [6.07, 6.45) is -0.865. The van der Waals surface area contributed by atoms with Crippen LogP contribution in [0.2, 0.25) is 0 Å². The van der Waals surface area contributed by atoms with Gasteiger partial charge in [0.1, 0.15) is 30.9 Å². The Morgan fingerprint density at radius 3 is 2.80 bits per heavy atom. The van der Waals surface area contributed by atoms with E-state index in [1.807, 2.05) is 10.2 Å². The van der Waals surface area contributed by atoms with E-state index in [-0.39, 0.29) is 36.3 Å². The van der Waals surface area contributed by atoms with Crippen LogP contribution < -0.4 is 25.2 Å². The summed E-state index contributed by atoms with van der Waals surface area (Å²) in [7, 11) is 0. The monoisotopic (exact) mass is 566 g/mol. The Balaban J connectivity index is 1.33. The second-order valence-electron chi connectivity index (χ2n) is 10.2. The number of piperidine rings is 1. The van der Waals surface area contributed by atoms with Crippen molar-refractivity contribution >= 4 is 29.3 Å². The lowest BCUT2D eigenvalue weighted by molar-refractivity contribution is -0.149. The Bertz CT molecular complexity index is 1280. The van der Waals surface area contributed by atoms with Gasteiger partial charge in [-0.15, -0.1) is 0 Å². The molecule has 1 unspecified atom stereocenters. The molecule has 3 amide bonds. The molecule has 0 saturated carbocycles. The number of hydrogen-bond acceptors (Lipinski definition) is 10. The molecule has 2 N–H and O–H groups in total. The van der Waals surface area contributed by atoms with Crippen molar-refractivity contribution < 1.29 is 37.0 Å². The lowest BCUT2D eigenvalue weighted by Crippen LogP contribution is -2.56. The minimum atomic E-state index is -4.63. The summed E-state index contributed by atoms with van der Waals surface area (Å²) in [5.74, 6) is -1.78. The molecule has 0 spiro atoms. The van der Waals surface area contributed by atoms with Crippen LogP contribution in [0.25, 0.3) is 0 Å². The second kappa shape index (κ2) is 10.6. The average molecular weight is 567 g/mol. The van der Waals surface area contributed by atoms with Gasteiger partial charge in [-0.1, -0.05) is 0 Å². The number of carbonyl (C=O) groups is 2. The van der Waals surface area contributed by atoms with Crippen LogP contribution in [0.15, 0.2) is 18.6 Å². The molecule has 40 heavy (non-hydrogen) atoms. The SMILES string of the molecule is CC(NC(=O)c1ncc2c(n1)N(C(=O)Nc1cc(OC[C@H]3COC(C)(C)O3)ncn1)[C@H]1CCCN2C1)C(F)(F)F. The largest absolute Gasteiger partial charge is 0.475 e. The molecule has 0 radical (unpaired) electrons. The Morgan fingerprint density at radius 2 is 2.08 bits per heavy atom. The summed E-state index contributed by atoms with van der Waals surface area (Å²) < 4.78 is 55.8. The third kappa shape index (κ3) is 6.01. The maximum atomic E-state index is 13.5. The van der Waals surface area contributed by atoms with Crippen molar-refractivity contribution in [3.05, 3.63) is 24.4 Å². The van der Waals surface area contributed by atoms with Crippen molar-refractivity contribution in [3.63, 3.8) is 0 Å². The predicted molar refractivity (Wildman–Crippen MR) is 134 cm³/mol. The van der Waals surface area contributed by atoms with E-state index in [1.165, 1.54) is 23.5 Å². The fourth-order valence-electron chi connectivity index (χ4n) is 4.72. The van der Waals surface area contributed by atoms with Crippen LogP contribution in [0, 0.1) is 0 Å². The Kier molecular flexibility index (Phi) is 7.39. The molecule has 5 heterocycles. The molecule has 0 aliphatic carbocycles. The van der Waals surface area contributed by atoms with E-state index in [1.54, 1.807) is 13.8 Å². The van der Waals surface area contributed by atoms with Crippen molar-refractivity contribution in [2.45, 2.75) is 63.8 Å². The number of fused-ring (bicyclic) bond motifs is 4. The number of nitrogens with zero attached hydrogens (tertiary/aromatic N) is 6. The Labute approximate surface area is 227 Å². The first-order chi connectivity index (χ1) is 18.9. The highest BCUT2D eigenvalue weighted by Gasteiger charge is 2.41. The molecular weight excluding hydrogens is 537 g/mol. The molecule has 13 nitrogen and oxygen atoms in total. The highest BCUT2D eigenvalue weighted by Crippen LogP contribution is 2.37. The number of amides is 3. The van der Waals surface area contributed by atoms with E-state index in [0.717, 1.165) is 13.3 Å². The normalized spacial score (nSPS) is 22.4. The van der Waals surface area contributed by atoms with Gasteiger partial charge in [0.2, 0.25) is 11.7 Å². The van der Waals surface area contributed by atoms with Crippen molar-refractivity contribution in [1.29, 1.82) is 0 Å². The topological polar surface area (TPSA) is 144 Å². The molecule has 0 aromatic carbocycles. The third-order valence-electron chi connectivity index (χ3n) is 6.70. The summed E-state index contributed by atoms with van der Waals surface area (Å²) in [5.41, 5.74) is 0.500. The van der Waals surface area contributed by atoms with Crippen LogP contribution in [0.5, 0.6) is 5.88 Å². The van der Waals surface area contributed by atoms with Crippen LogP contribution in [0.3, 0.4) is 0 Å². The zero-order valence-corrected chi connectivity index (χ0v) is 22.1. The number of aromatic nitrogens is 4. The number of ether oxygens (including phenoxy) is 3. The summed E-state index contributed by atoms with van der Waals surface area (Å²) in [6.45, 7) is 6.18. The number of hydrogen-bond donors (Lipinski definition) is 2. The molecular formula is C24H29F3N8O5. The number of alkyl halides is 3. The Morgan fingerprint density at radius 1 is 1.27 bits per heavy atom. The molecule has 2 aromatic rings. The predicted octanol–water partition coefficient (Wildman–Crippen LogP) is 2.50. The van der Waals surface area contributed by atoms with E-state index >= 15 is 0 Å². The number of halogens is 3. The second-order valence-corrected chi connectivity index (χ2v) is 10.2. The van der Waals surface area contributed by atoms with Crippen LogP contribution in [-0.4, -0.2) is 88.3 Å². The lowest BCUT2D eigenvalue weighted by Gasteiger charge is -2.45. The molecule has 2 fully saturated rings. The fraction of sp³-hybridized carbons (Fsp3) is 0.583. The standard InChI is InChI=1S/C24H29F3N8O5/c1-13(24(25,26)27)31-21(36)19-28-8-16-20(33-19)35(14-5-4-6-34(16)9-14)22(37)32-17-7-18(30-12-29-17)38-10-15-11-39-23(2,3)40-15/h7-8,12-15H,4-6,9-11H2,1-3H3,(H,31,36)(H,29,30,32,37)/t13?,14-,15-/m0/s1. The molecule has 16 heteroatoms. The summed E-state index contributed by atoms with van der Waals surface area (Å²) in [5, 5.41) is 4.56. The van der Waals surface area contributed by atoms with Crippen LogP contribution >= 0.6 is 0 Å². The van der Waals surface area contributed by atoms with Crippen molar-refractivity contribution in [1.82, 2.24) is 25.3 Å².